The average molecular weight is 386 g/mol. The zero-order valence-electron chi connectivity index (χ0n) is 16.6. The molecule has 0 aliphatic heterocycles. The maximum absolute atomic E-state index is 12.4. The summed E-state index contributed by atoms with van der Waals surface area (Å²) in [6.07, 6.45) is 1.56. The van der Waals surface area contributed by atoms with Gasteiger partial charge in [0.2, 0.25) is 0 Å². The first-order chi connectivity index (χ1) is 13.3. The van der Waals surface area contributed by atoms with Crippen molar-refractivity contribution in [2.24, 2.45) is 0 Å². The SMILES string of the molecule is COCCn1cc(C(=O)NCc2ccc(NC(=O)N(C)C)cc2)c(=O)cc1C. The molecule has 0 fully saturated rings. The molecule has 0 saturated heterocycles. The van der Waals surface area contributed by atoms with Gasteiger partial charge >= 0.3 is 6.03 Å². The van der Waals surface area contributed by atoms with Gasteiger partial charge in [-0.3, -0.25) is 9.59 Å². The van der Waals surface area contributed by atoms with Crippen molar-refractivity contribution in [3.63, 3.8) is 0 Å². The first-order valence-corrected chi connectivity index (χ1v) is 8.87. The van der Waals surface area contributed by atoms with Crippen LogP contribution in [-0.2, 0) is 17.8 Å². The third-order valence-electron chi connectivity index (χ3n) is 4.19. The Morgan fingerprint density at radius 2 is 1.86 bits per heavy atom. The summed E-state index contributed by atoms with van der Waals surface area (Å²) in [5.41, 5.74) is 2.06. The van der Waals surface area contributed by atoms with Gasteiger partial charge in [-0.05, 0) is 24.6 Å². The lowest BCUT2D eigenvalue weighted by Gasteiger charge is -2.13. The fraction of sp³-hybridized carbons (Fsp3) is 0.350. The summed E-state index contributed by atoms with van der Waals surface area (Å²) < 4.78 is 6.88. The second kappa shape index (κ2) is 9.70. The Morgan fingerprint density at radius 3 is 2.46 bits per heavy atom. The van der Waals surface area contributed by atoms with Gasteiger partial charge in [-0.25, -0.2) is 4.79 Å². The number of benzene rings is 1. The van der Waals surface area contributed by atoms with E-state index in [0.717, 1.165) is 11.3 Å². The number of nitrogens with zero attached hydrogens (tertiary/aromatic N) is 2. The number of carbonyl (C=O) groups is 2. The molecule has 0 unspecified atom stereocenters. The molecule has 3 amide bonds. The maximum atomic E-state index is 12.4. The highest BCUT2D eigenvalue weighted by Crippen LogP contribution is 2.10. The second-order valence-electron chi connectivity index (χ2n) is 6.58. The summed E-state index contributed by atoms with van der Waals surface area (Å²) in [4.78, 5) is 37.7. The Balaban J connectivity index is 2.02. The molecular weight excluding hydrogens is 360 g/mol. The van der Waals surface area contributed by atoms with Crippen molar-refractivity contribution in [3.8, 4) is 0 Å². The number of urea groups is 1. The average Bonchev–Trinajstić information content (AvgIpc) is 2.66. The number of carbonyl (C=O) groups excluding carboxylic acids is 2. The molecule has 1 aromatic heterocycles. The Morgan fingerprint density at radius 1 is 1.18 bits per heavy atom. The highest BCUT2D eigenvalue weighted by molar-refractivity contribution is 5.93. The predicted octanol–water partition coefficient (Wildman–Crippen LogP) is 1.83. The Labute approximate surface area is 164 Å². The van der Waals surface area contributed by atoms with Crippen LogP contribution in [0, 0.1) is 6.92 Å². The number of ether oxygens (including phenoxy) is 1. The van der Waals surface area contributed by atoms with Gasteiger partial charge in [-0.15, -0.1) is 0 Å². The molecule has 0 atom stereocenters. The molecule has 2 aromatic rings. The number of pyridine rings is 1. The zero-order chi connectivity index (χ0) is 20.7. The lowest BCUT2D eigenvalue weighted by molar-refractivity contribution is 0.0948. The zero-order valence-corrected chi connectivity index (χ0v) is 16.6. The molecule has 28 heavy (non-hydrogen) atoms. The van der Waals surface area contributed by atoms with Gasteiger partial charge in [0.15, 0.2) is 5.43 Å². The Kier molecular flexibility index (Phi) is 7.34. The van der Waals surface area contributed by atoms with E-state index in [1.165, 1.54) is 11.0 Å². The monoisotopic (exact) mass is 386 g/mol. The van der Waals surface area contributed by atoms with E-state index in [9.17, 15) is 14.4 Å². The number of nitrogens with one attached hydrogen (secondary N) is 2. The van der Waals surface area contributed by atoms with Crippen molar-refractivity contribution in [2.45, 2.75) is 20.0 Å². The molecule has 8 heteroatoms. The van der Waals surface area contributed by atoms with E-state index in [1.54, 1.807) is 51.7 Å². The van der Waals surface area contributed by atoms with Gasteiger partial charge in [0, 0.05) is 57.9 Å². The fourth-order valence-electron chi connectivity index (χ4n) is 2.49. The predicted molar refractivity (Wildman–Crippen MR) is 108 cm³/mol. The van der Waals surface area contributed by atoms with Gasteiger partial charge in [0.05, 0.1) is 6.61 Å². The van der Waals surface area contributed by atoms with Crippen LogP contribution in [0.3, 0.4) is 0 Å². The molecule has 2 N–H and O–H groups in total. The standard InChI is InChI=1S/C20H26N4O4/c1-14-11-18(25)17(13-24(14)9-10-28-4)19(26)21-12-15-5-7-16(8-6-15)22-20(27)23(2)3/h5-8,11,13H,9-10,12H2,1-4H3,(H,21,26)(H,22,27). The van der Waals surface area contributed by atoms with E-state index in [2.05, 4.69) is 10.6 Å². The van der Waals surface area contributed by atoms with Gasteiger partial charge in [0.1, 0.15) is 5.56 Å². The number of methoxy groups -OCH3 is 1. The van der Waals surface area contributed by atoms with Gasteiger partial charge in [-0.1, -0.05) is 12.1 Å². The minimum Gasteiger partial charge on any atom is -0.383 e. The number of anilines is 1. The quantitative estimate of drug-likeness (QED) is 0.759. The maximum Gasteiger partial charge on any atom is 0.321 e. The number of hydrogen-bond donors (Lipinski definition) is 2. The van der Waals surface area contributed by atoms with Crippen LogP contribution >= 0.6 is 0 Å². The van der Waals surface area contributed by atoms with Crippen LogP contribution in [0.4, 0.5) is 10.5 Å². The van der Waals surface area contributed by atoms with Gasteiger partial charge in [-0.2, -0.15) is 0 Å². The van der Waals surface area contributed by atoms with Crippen LogP contribution < -0.4 is 16.1 Å². The van der Waals surface area contributed by atoms with E-state index in [0.29, 0.717) is 18.8 Å². The minimum absolute atomic E-state index is 0.0940. The number of aryl methyl sites for hydroxylation is 1. The lowest BCUT2D eigenvalue weighted by atomic mass is 10.2. The van der Waals surface area contributed by atoms with Crippen LogP contribution in [0.2, 0.25) is 0 Å². The minimum atomic E-state index is -0.429. The van der Waals surface area contributed by atoms with E-state index in [4.69, 9.17) is 4.74 Å². The molecule has 150 valence electrons. The number of rotatable bonds is 7. The highest BCUT2D eigenvalue weighted by atomic mass is 16.5. The van der Waals surface area contributed by atoms with Crippen LogP contribution in [0.15, 0.2) is 41.3 Å². The summed E-state index contributed by atoms with van der Waals surface area (Å²) in [6.45, 7) is 3.13. The van der Waals surface area contributed by atoms with Crippen molar-refractivity contribution in [2.75, 3.05) is 33.1 Å². The summed E-state index contributed by atoms with van der Waals surface area (Å²) >= 11 is 0. The van der Waals surface area contributed by atoms with Crippen LogP contribution in [0.25, 0.3) is 0 Å². The third-order valence-corrected chi connectivity index (χ3v) is 4.19. The smallest absolute Gasteiger partial charge is 0.321 e. The van der Waals surface area contributed by atoms with Crippen molar-refractivity contribution in [1.82, 2.24) is 14.8 Å². The second-order valence-corrected chi connectivity index (χ2v) is 6.58. The molecule has 1 heterocycles. The highest BCUT2D eigenvalue weighted by Gasteiger charge is 2.12. The molecule has 0 radical (unpaired) electrons. The first kappa shape index (κ1) is 21.2. The summed E-state index contributed by atoms with van der Waals surface area (Å²) in [5, 5.41) is 5.50. The largest absolute Gasteiger partial charge is 0.383 e. The number of hydrogen-bond acceptors (Lipinski definition) is 4. The summed E-state index contributed by atoms with van der Waals surface area (Å²) in [7, 11) is 4.92. The molecule has 0 spiro atoms. The fourth-order valence-corrected chi connectivity index (χ4v) is 2.49. The Bertz CT molecular complexity index is 888. The molecular formula is C20H26N4O4. The summed E-state index contributed by atoms with van der Waals surface area (Å²) in [6, 6.07) is 8.35. The van der Waals surface area contributed by atoms with Gasteiger partial charge < -0.3 is 24.8 Å². The normalized spacial score (nSPS) is 10.4. The van der Waals surface area contributed by atoms with Crippen molar-refractivity contribution >= 4 is 17.6 Å². The van der Waals surface area contributed by atoms with E-state index < -0.39 is 5.91 Å². The number of amides is 3. The molecule has 2 rings (SSSR count). The Hall–Kier alpha value is -3.13. The summed E-state index contributed by atoms with van der Waals surface area (Å²) in [5.74, 6) is -0.429. The lowest BCUT2D eigenvalue weighted by Crippen LogP contribution is -2.30. The van der Waals surface area contributed by atoms with Crippen LogP contribution in [0.1, 0.15) is 21.6 Å². The molecule has 8 nitrogen and oxygen atoms in total. The van der Waals surface area contributed by atoms with Crippen LogP contribution in [0.5, 0.6) is 0 Å². The van der Waals surface area contributed by atoms with E-state index in [1.807, 2.05) is 11.5 Å². The first-order valence-electron chi connectivity index (χ1n) is 8.87. The van der Waals surface area contributed by atoms with Crippen molar-refractivity contribution < 1.29 is 14.3 Å². The van der Waals surface area contributed by atoms with E-state index >= 15 is 0 Å². The van der Waals surface area contributed by atoms with Crippen molar-refractivity contribution in [3.05, 3.63) is 63.6 Å². The molecule has 0 aliphatic rings. The van der Waals surface area contributed by atoms with E-state index in [-0.39, 0.29) is 23.6 Å². The van der Waals surface area contributed by atoms with Crippen molar-refractivity contribution in [1.29, 1.82) is 0 Å². The molecule has 1 aromatic carbocycles. The number of aromatic nitrogens is 1. The van der Waals surface area contributed by atoms with Crippen LogP contribution in [-0.4, -0.2) is 49.2 Å². The van der Waals surface area contributed by atoms with Gasteiger partial charge in [0.25, 0.3) is 5.91 Å². The third kappa shape index (κ3) is 5.68. The molecule has 0 saturated carbocycles. The molecule has 0 aliphatic carbocycles. The topological polar surface area (TPSA) is 92.7 Å². The molecule has 0 bridgehead atoms.